The fourth-order valence-corrected chi connectivity index (χ4v) is 1.05. The SMILES string of the molecule is COC(=O)C1=CC(=S)CC=C1. The molecule has 0 radical (unpaired) electrons. The molecule has 0 unspecified atom stereocenters. The Labute approximate surface area is 70.5 Å². The van der Waals surface area contributed by atoms with Crippen LogP contribution in [0.15, 0.2) is 23.8 Å². The summed E-state index contributed by atoms with van der Waals surface area (Å²) < 4.78 is 4.52. The first kappa shape index (κ1) is 8.14. The first-order valence-corrected chi connectivity index (χ1v) is 3.64. The molecule has 0 fully saturated rings. The van der Waals surface area contributed by atoms with Crippen molar-refractivity contribution in [2.24, 2.45) is 0 Å². The van der Waals surface area contributed by atoms with Crippen LogP contribution in [0.5, 0.6) is 0 Å². The third kappa shape index (κ3) is 1.98. The topological polar surface area (TPSA) is 26.3 Å². The van der Waals surface area contributed by atoms with E-state index in [9.17, 15) is 4.79 Å². The molecule has 0 spiro atoms. The molecule has 1 aliphatic carbocycles. The summed E-state index contributed by atoms with van der Waals surface area (Å²) in [6, 6.07) is 0. The fourth-order valence-electron chi connectivity index (χ4n) is 0.827. The van der Waals surface area contributed by atoms with Crippen LogP contribution in [0.25, 0.3) is 0 Å². The molecule has 11 heavy (non-hydrogen) atoms. The van der Waals surface area contributed by atoms with Crippen molar-refractivity contribution in [2.75, 3.05) is 7.11 Å². The lowest BCUT2D eigenvalue weighted by Gasteiger charge is -2.04. The molecule has 0 aliphatic heterocycles. The maximum absolute atomic E-state index is 10.9. The molecular formula is C8H8O2S. The summed E-state index contributed by atoms with van der Waals surface area (Å²) >= 11 is 4.91. The molecule has 3 heteroatoms. The van der Waals surface area contributed by atoms with Crippen LogP contribution in [-0.2, 0) is 9.53 Å². The quantitative estimate of drug-likeness (QED) is 0.437. The molecule has 1 rings (SSSR count). The predicted molar refractivity (Wildman–Crippen MR) is 46.5 cm³/mol. The molecule has 0 saturated heterocycles. The van der Waals surface area contributed by atoms with Gasteiger partial charge in [-0.05, 0) is 6.08 Å². The number of rotatable bonds is 1. The zero-order chi connectivity index (χ0) is 8.27. The fraction of sp³-hybridized carbons (Fsp3) is 0.250. The van der Waals surface area contributed by atoms with E-state index in [1.807, 2.05) is 6.08 Å². The molecule has 0 aromatic carbocycles. The van der Waals surface area contributed by atoms with Crippen LogP contribution in [0.1, 0.15) is 6.42 Å². The summed E-state index contributed by atoms with van der Waals surface area (Å²) in [7, 11) is 1.36. The Hall–Kier alpha value is -0.960. The lowest BCUT2D eigenvalue weighted by molar-refractivity contribution is -0.135. The van der Waals surface area contributed by atoms with Gasteiger partial charge >= 0.3 is 5.97 Å². The van der Waals surface area contributed by atoms with E-state index >= 15 is 0 Å². The number of esters is 1. The number of allylic oxidation sites excluding steroid dienone is 2. The molecular weight excluding hydrogens is 160 g/mol. The Balaban J connectivity index is 2.79. The van der Waals surface area contributed by atoms with Crippen LogP contribution in [0, 0.1) is 0 Å². The number of methoxy groups -OCH3 is 1. The first-order chi connectivity index (χ1) is 5.24. The zero-order valence-corrected chi connectivity index (χ0v) is 6.98. The Morgan fingerprint density at radius 2 is 2.45 bits per heavy atom. The monoisotopic (exact) mass is 168 g/mol. The molecule has 2 nitrogen and oxygen atoms in total. The molecule has 0 heterocycles. The molecule has 0 aromatic heterocycles. The van der Waals surface area contributed by atoms with Gasteiger partial charge in [-0.3, -0.25) is 0 Å². The zero-order valence-electron chi connectivity index (χ0n) is 6.16. The molecule has 0 atom stereocenters. The van der Waals surface area contributed by atoms with Crippen molar-refractivity contribution in [3.8, 4) is 0 Å². The van der Waals surface area contributed by atoms with Gasteiger partial charge in [0.25, 0.3) is 0 Å². The second kappa shape index (κ2) is 3.44. The number of hydrogen-bond donors (Lipinski definition) is 0. The normalized spacial score (nSPS) is 16.1. The van der Waals surface area contributed by atoms with Gasteiger partial charge in [0.05, 0.1) is 12.7 Å². The van der Waals surface area contributed by atoms with Gasteiger partial charge in [0.15, 0.2) is 0 Å². The van der Waals surface area contributed by atoms with E-state index in [0.717, 1.165) is 11.3 Å². The Morgan fingerprint density at radius 1 is 1.73 bits per heavy atom. The van der Waals surface area contributed by atoms with Crippen molar-refractivity contribution >= 4 is 23.1 Å². The van der Waals surface area contributed by atoms with Gasteiger partial charge in [-0.25, -0.2) is 4.79 Å². The van der Waals surface area contributed by atoms with E-state index in [4.69, 9.17) is 12.2 Å². The van der Waals surface area contributed by atoms with Crippen molar-refractivity contribution in [3.63, 3.8) is 0 Å². The third-order valence-electron chi connectivity index (χ3n) is 1.35. The second-order valence-electron chi connectivity index (χ2n) is 2.16. The molecule has 0 aromatic rings. The molecule has 1 aliphatic rings. The smallest absolute Gasteiger partial charge is 0.337 e. The van der Waals surface area contributed by atoms with Crippen LogP contribution in [0.4, 0.5) is 0 Å². The summed E-state index contributed by atoms with van der Waals surface area (Å²) in [6.45, 7) is 0. The Kier molecular flexibility index (Phi) is 2.54. The van der Waals surface area contributed by atoms with Gasteiger partial charge in [-0.1, -0.05) is 24.4 Å². The first-order valence-electron chi connectivity index (χ1n) is 3.23. The van der Waals surface area contributed by atoms with Crippen molar-refractivity contribution in [1.82, 2.24) is 0 Å². The summed E-state index contributed by atoms with van der Waals surface area (Å²) in [6.07, 6.45) is 5.99. The second-order valence-corrected chi connectivity index (χ2v) is 2.69. The van der Waals surface area contributed by atoms with Crippen molar-refractivity contribution in [1.29, 1.82) is 0 Å². The van der Waals surface area contributed by atoms with Crippen LogP contribution >= 0.6 is 12.2 Å². The van der Waals surface area contributed by atoms with Crippen LogP contribution < -0.4 is 0 Å². The predicted octanol–water partition coefficient (Wildman–Crippen LogP) is 1.42. The van der Waals surface area contributed by atoms with Gasteiger partial charge in [0, 0.05) is 11.3 Å². The Bertz CT molecular complexity index is 251. The van der Waals surface area contributed by atoms with Gasteiger partial charge in [0.1, 0.15) is 0 Å². The minimum atomic E-state index is -0.330. The van der Waals surface area contributed by atoms with E-state index in [-0.39, 0.29) is 5.97 Å². The van der Waals surface area contributed by atoms with Gasteiger partial charge in [-0.2, -0.15) is 0 Å². The van der Waals surface area contributed by atoms with Crippen molar-refractivity contribution < 1.29 is 9.53 Å². The molecule has 0 N–H and O–H groups in total. The van der Waals surface area contributed by atoms with Crippen LogP contribution in [0.2, 0.25) is 0 Å². The summed E-state index contributed by atoms with van der Waals surface area (Å²) in [5, 5.41) is 0. The number of ether oxygens (including phenoxy) is 1. The molecule has 0 saturated carbocycles. The van der Waals surface area contributed by atoms with E-state index < -0.39 is 0 Å². The number of thiocarbonyl (C=S) groups is 1. The van der Waals surface area contributed by atoms with Crippen molar-refractivity contribution in [2.45, 2.75) is 6.42 Å². The lowest BCUT2D eigenvalue weighted by Crippen LogP contribution is -2.07. The average molecular weight is 168 g/mol. The van der Waals surface area contributed by atoms with E-state index in [1.54, 1.807) is 12.2 Å². The van der Waals surface area contributed by atoms with Gasteiger partial charge in [-0.15, -0.1) is 0 Å². The largest absolute Gasteiger partial charge is 0.465 e. The van der Waals surface area contributed by atoms with Gasteiger partial charge < -0.3 is 4.74 Å². The lowest BCUT2D eigenvalue weighted by atomic mass is 10.1. The molecule has 0 amide bonds. The van der Waals surface area contributed by atoms with Gasteiger partial charge in [0.2, 0.25) is 0 Å². The van der Waals surface area contributed by atoms with E-state index in [1.165, 1.54) is 7.11 Å². The van der Waals surface area contributed by atoms with E-state index in [2.05, 4.69) is 4.74 Å². The number of carbonyl (C=O) groups is 1. The highest BCUT2D eigenvalue weighted by Crippen LogP contribution is 2.09. The summed E-state index contributed by atoms with van der Waals surface area (Å²) in [5.41, 5.74) is 0.531. The molecule has 58 valence electrons. The summed E-state index contributed by atoms with van der Waals surface area (Å²) in [4.78, 5) is 11.7. The minimum absolute atomic E-state index is 0.330. The maximum Gasteiger partial charge on any atom is 0.337 e. The van der Waals surface area contributed by atoms with Crippen LogP contribution in [-0.4, -0.2) is 17.9 Å². The number of carbonyl (C=O) groups excluding carboxylic acids is 1. The maximum atomic E-state index is 10.9. The van der Waals surface area contributed by atoms with Crippen LogP contribution in [0.3, 0.4) is 0 Å². The van der Waals surface area contributed by atoms with Crippen molar-refractivity contribution in [3.05, 3.63) is 23.8 Å². The highest BCUT2D eigenvalue weighted by molar-refractivity contribution is 7.80. The summed E-state index contributed by atoms with van der Waals surface area (Å²) in [5.74, 6) is -0.330. The average Bonchev–Trinajstić information content (AvgIpc) is 2.03. The Morgan fingerprint density at radius 3 is 3.00 bits per heavy atom. The minimum Gasteiger partial charge on any atom is -0.465 e. The van der Waals surface area contributed by atoms with E-state index in [0.29, 0.717) is 5.57 Å². The standard InChI is InChI=1S/C8H8O2S/c1-10-8(9)6-3-2-4-7(11)5-6/h2-3,5H,4H2,1H3. The third-order valence-corrected chi connectivity index (χ3v) is 1.64. The molecule has 0 bridgehead atoms. The highest BCUT2D eigenvalue weighted by Gasteiger charge is 2.09. The number of hydrogen-bond acceptors (Lipinski definition) is 3. The highest BCUT2D eigenvalue weighted by atomic mass is 32.1.